The Labute approximate surface area is 154 Å². The van der Waals surface area contributed by atoms with Gasteiger partial charge < -0.3 is 14.8 Å². The summed E-state index contributed by atoms with van der Waals surface area (Å²) in [7, 11) is 1.48. The van der Waals surface area contributed by atoms with Crippen LogP contribution < -0.4 is 10.1 Å². The number of carbonyl (C=O) groups is 2. The van der Waals surface area contributed by atoms with Gasteiger partial charge in [0.15, 0.2) is 6.61 Å². The zero-order chi connectivity index (χ0) is 18.5. The second-order valence-electron chi connectivity index (χ2n) is 5.35. The van der Waals surface area contributed by atoms with Crippen molar-refractivity contribution in [3.05, 3.63) is 65.3 Å². The number of benzene rings is 2. The highest BCUT2D eigenvalue weighted by Gasteiger charge is 2.15. The van der Waals surface area contributed by atoms with Crippen LogP contribution in [0.1, 0.15) is 10.4 Å². The lowest BCUT2D eigenvalue weighted by atomic mass is 10.1. The fourth-order valence-electron chi connectivity index (χ4n) is 2.44. The standard InChI is InChI=1S/C19H15ClN2O4/c1-25-16-8-7-13(20)10-15(16)22-17(23)11-26-19(24)14-6-2-4-12-5-3-9-21-18(12)14/h2-10H,11H2,1H3,(H,22,23). The number of hydrogen-bond acceptors (Lipinski definition) is 5. The summed E-state index contributed by atoms with van der Waals surface area (Å²) in [6.07, 6.45) is 1.59. The Hall–Kier alpha value is -3.12. The number of fused-ring (bicyclic) bond motifs is 1. The summed E-state index contributed by atoms with van der Waals surface area (Å²) >= 11 is 5.92. The lowest BCUT2D eigenvalue weighted by Crippen LogP contribution is -2.21. The van der Waals surface area contributed by atoms with Gasteiger partial charge in [0.2, 0.25) is 0 Å². The summed E-state index contributed by atoms with van der Waals surface area (Å²) in [5.41, 5.74) is 1.22. The number of ether oxygens (including phenoxy) is 2. The molecule has 0 radical (unpaired) electrons. The predicted molar refractivity (Wildman–Crippen MR) is 98.7 cm³/mol. The average molecular weight is 371 g/mol. The minimum atomic E-state index is -0.623. The molecule has 26 heavy (non-hydrogen) atoms. The number of carbonyl (C=O) groups excluding carboxylic acids is 2. The van der Waals surface area contributed by atoms with Crippen molar-refractivity contribution < 1.29 is 19.1 Å². The number of aromatic nitrogens is 1. The number of rotatable bonds is 5. The number of nitrogens with zero attached hydrogens (tertiary/aromatic N) is 1. The van der Waals surface area contributed by atoms with E-state index in [4.69, 9.17) is 21.1 Å². The predicted octanol–water partition coefficient (Wildman–Crippen LogP) is 3.69. The van der Waals surface area contributed by atoms with Gasteiger partial charge in [-0.2, -0.15) is 0 Å². The maximum atomic E-state index is 12.3. The Balaban J connectivity index is 1.68. The van der Waals surface area contributed by atoms with E-state index < -0.39 is 18.5 Å². The first-order valence-electron chi connectivity index (χ1n) is 7.73. The van der Waals surface area contributed by atoms with Crippen LogP contribution in [0.15, 0.2) is 54.7 Å². The molecule has 3 aromatic rings. The summed E-state index contributed by atoms with van der Waals surface area (Å²) in [5, 5.41) is 3.86. The van der Waals surface area contributed by atoms with Crippen LogP contribution in [-0.4, -0.2) is 30.6 Å². The first kappa shape index (κ1) is 17.7. The van der Waals surface area contributed by atoms with Crippen LogP contribution in [0, 0.1) is 0 Å². The largest absolute Gasteiger partial charge is 0.495 e. The molecule has 0 aliphatic heterocycles. The molecule has 1 N–H and O–H groups in total. The van der Waals surface area contributed by atoms with Crippen molar-refractivity contribution >= 4 is 40.1 Å². The van der Waals surface area contributed by atoms with E-state index in [1.54, 1.807) is 42.6 Å². The Morgan fingerprint density at radius 3 is 2.77 bits per heavy atom. The van der Waals surface area contributed by atoms with Gasteiger partial charge >= 0.3 is 5.97 Å². The number of anilines is 1. The zero-order valence-electron chi connectivity index (χ0n) is 13.9. The fourth-order valence-corrected chi connectivity index (χ4v) is 2.61. The van der Waals surface area contributed by atoms with E-state index in [0.717, 1.165) is 5.39 Å². The summed E-state index contributed by atoms with van der Waals surface area (Å²) < 4.78 is 10.3. The molecule has 0 aliphatic carbocycles. The Morgan fingerprint density at radius 2 is 1.96 bits per heavy atom. The molecule has 1 aromatic heterocycles. The third-order valence-electron chi connectivity index (χ3n) is 3.62. The lowest BCUT2D eigenvalue weighted by molar-refractivity contribution is -0.119. The molecule has 6 nitrogen and oxygen atoms in total. The van der Waals surface area contributed by atoms with Gasteiger partial charge in [-0.15, -0.1) is 0 Å². The van der Waals surface area contributed by atoms with Crippen LogP contribution in [0.25, 0.3) is 10.9 Å². The van der Waals surface area contributed by atoms with Crippen molar-refractivity contribution in [2.75, 3.05) is 19.0 Å². The second-order valence-corrected chi connectivity index (χ2v) is 5.79. The summed E-state index contributed by atoms with van der Waals surface area (Å²) in [5.74, 6) is -0.679. The SMILES string of the molecule is COc1ccc(Cl)cc1NC(=O)COC(=O)c1cccc2cccnc12. The van der Waals surface area contributed by atoms with Crippen molar-refractivity contribution in [1.82, 2.24) is 4.98 Å². The van der Waals surface area contributed by atoms with Crippen LogP contribution in [0.5, 0.6) is 5.75 Å². The van der Waals surface area contributed by atoms with Crippen LogP contribution >= 0.6 is 11.6 Å². The molecular weight excluding hydrogens is 356 g/mol. The number of para-hydroxylation sites is 1. The molecule has 1 heterocycles. The third-order valence-corrected chi connectivity index (χ3v) is 3.86. The van der Waals surface area contributed by atoms with E-state index in [9.17, 15) is 9.59 Å². The number of esters is 1. The Kier molecular flexibility index (Phi) is 5.34. The lowest BCUT2D eigenvalue weighted by Gasteiger charge is -2.11. The van der Waals surface area contributed by atoms with Gasteiger partial charge in [0.1, 0.15) is 5.75 Å². The molecular formula is C19H15ClN2O4. The van der Waals surface area contributed by atoms with Crippen molar-refractivity contribution in [2.24, 2.45) is 0 Å². The van der Waals surface area contributed by atoms with E-state index in [1.165, 1.54) is 7.11 Å². The number of pyridine rings is 1. The molecule has 0 atom stereocenters. The number of methoxy groups -OCH3 is 1. The van der Waals surface area contributed by atoms with Crippen molar-refractivity contribution in [2.45, 2.75) is 0 Å². The van der Waals surface area contributed by atoms with Gasteiger partial charge in [0.05, 0.1) is 23.9 Å². The Bertz CT molecular complexity index is 969. The molecule has 7 heteroatoms. The molecule has 0 saturated carbocycles. The van der Waals surface area contributed by atoms with Crippen molar-refractivity contribution in [3.8, 4) is 5.75 Å². The molecule has 0 spiro atoms. The highest BCUT2D eigenvalue weighted by Crippen LogP contribution is 2.27. The van der Waals surface area contributed by atoms with E-state index in [0.29, 0.717) is 27.5 Å². The molecule has 0 bridgehead atoms. The number of amides is 1. The quantitative estimate of drug-likeness (QED) is 0.693. The first-order valence-corrected chi connectivity index (χ1v) is 8.10. The molecule has 0 aliphatic rings. The number of halogens is 1. The van der Waals surface area contributed by atoms with E-state index in [2.05, 4.69) is 10.3 Å². The number of nitrogens with one attached hydrogen (secondary N) is 1. The maximum absolute atomic E-state index is 12.3. The van der Waals surface area contributed by atoms with Gasteiger partial charge in [-0.25, -0.2) is 4.79 Å². The smallest absolute Gasteiger partial charge is 0.340 e. The second kappa shape index (κ2) is 7.84. The van der Waals surface area contributed by atoms with Gasteiger partial charge in [-0.05, 0) is 30.3 Å². The van der Waals surface area contributed by atoms with Crippen molar-refractivity contribution in [3.63, 3.8) is 0 Å². The topological polar surface area (TPSA) is 77.5 Å². The van der Waals surface area contributed by atoms with Gasteiger partial charge in [0.25, 0.3) is 5.91 Å². The van der Waals surface area contributed by atoms with Gasteiger partial charge in [0, 0.05) is 16.6 Å². The maximum Gasteiger partial charge on any atom is 0.340 e. The van der Waals surface area contributed by atoms with Crippen LogP contribution in [0.4, 0.5) is 5.69 Å². The third kappa shape index (κ3) is 3.92. The Morgan fingerprint density at radius 1 is 1.15 bits per heavy atom. The highest BCUT2D eigenvalue weighted by atomic mass is 35.5. The normalized spacial score (nSPS) is 10.4. The van der Waals surface area contributed by atoms with Crippen LogP contribution in [0.2, 0.25) is 5.02 Å². The van der Waals surface area contributed by atoms with E-state index in [1.807, 2.05) is 12.1 Å². The van der Waals surface area contributed by atoms with Crippen LogP contribution in [-0.2, 0) is 9.53 Å². The van der Waals surface area contributed by atoms with E-state index >= 15 is 0 Å². The fraction of sp³-hybridized carbons (Fsp3) is 0.105. The van der Waals surface area contributed by atoms with Crippen LogP contribution in [0.3, 0.4) is 0 Å². The summed E-state index contributed by atoms with van der Waals surface area (Å²) in [4.78, 5) is 28.6. The summed E-state index contributed by atoms with van der Waals surface area (Å²) in [6.45, 7) is -0.447. The minimum Gasteiger partial charge on any atom is -0.495 e. The molecule has 0 fully saturated rings. The highest BCUT2D eigenvalue weighted by molar-refractivity contribution is 6.31. The average Bonchev–Trinajstić information content (AvgIpc) is 2.66. The zero-order valence-corrected chi connectivity index (χ0v) is 14.6. The monoisotopic (exact) mass is 370 g/mol. The molecule has 1 amide bonds. The molecule has 2 aromatic carbocycles. The minimum absolute atomic E-state index is 0.302. The van der Waals surface area contributed by atoms with Crippen molar-refractivity contribution in [1.29, 1.82) is 0 Å². The first-order chi connectivity index (χ1) is 12.6. The van der Waals surface area contributed by atoms with Gasteiger partial charge in [-0.3, -0.25) is 9.78 Å². The number of hydrogen-bond donors (Lipinski definition) is 1. The molecule has 3 rings (SSSR count). The molecule has 132 valence electrons. The van der Waals surface area contributed by atoms with Gasteiger partial charge in [-0.1, -0.05) is 29.8 Å². The molecule has 0 unspecified atom stereocenters. The van der Waals surface area contributed by atoms with E-state index in [-0.39, 0.29) is 0 Å². The summed E-state index contributed by atoms with van der Waals surface area (Å²) in [6, 6.07) is 13.6. The molecule has 0 saturated heterocycles.